The number of carbonyl (C=O) groups is 1. The predicted octanol–water partition coefficient (Wildman–Crippen LogP) is 5.26. The van der Waals surface area contributed by atoms with Gasteiger partial charge in [0.2, 0.25) is 5.91 Å². The number of nitrogens with one attached hydrogen (secondary N) is 1. The number of benzene rings is 2. The summed E-state index contributed by atoms with van der Waals surface area (Å²) in [5.74, 6) is 0.652. The molecule has 2 aromatic heterocycles. The van der Waals surface area contributed by atoms with Gasteiger partial charge in [0.15, 0.2) is 5.13 Å². The Hall–Kier alpha value is -2.48. The molecule has 8 heteroatoms. The van der Waals surface area contributed by atoms with Crippen LogP contribution in [0.2, 0.25) is 5.02 Å². The third kappa shape index (κ3) is 4.10. The third-order valence-electron chi connectivity index (χ3n) is 3.83. The highest BCUT2D eigenvalue weighted by Gasteiger charge is 2.12. The van der Waals surface area contributed by atoms with Gasteiger partial charge in [0.05, 0.1) is 29.4 Å². The molecule has 27 heavy (non-hydrogen) atoms. The molecule has 0 spiro atoms. The van der Waals surface area contributed by atoms with Crippen LogP contribution in [0.4, 0.5) is 5.13 Å². The maximum absolute atomic E-state index is 12.3. The van der Waals surface area contributed by atoms with E-state index in [1.165, 1.54) is 22.7 Å². The highest BCUT2D eigenvalue weighted by atomic mass is 35.5. The lowest BCUT2D eigenvalue weighted by molar-refractivity contribution is -0.115. The first-order valence-electron chi connectivity index (χ1n) is 8.05. The van der Waals surface area contributed by atoms with Crippen molar-refractivity contribution in [2.24, 2.45) is 0 Å². The summed E-state index contributed by atoms with van der Waals surface area (Å²) in [5, 5.41) is 6.82. The van der Waals surface area contributed by atoms with E-state index < -0.39 is 0 Å². The molecule has 2 aromatic carbocycles. The Morgan fingerprint density at radius 3 is 2.78 bits per heavy atom. The molecule has 136 valence electrons. The highest BCUT2D eigenvalue weighted by Crippen LogP contribution is 2.29. The first-order valence-corrected chi connectivity index (χ1v) is 10.1. The van der Waals surface area contributed by atoms with Crippen molar-refractivity contribution in [3.05, 3.63) is 58.6 Å². The molecule has 2 heterocycles. The van der Waals surface area contributed by atoms with Gasteiger partial charge in [-0.05, 0) is 42.5 Å². The van der Waals surface area contributed by atoms with Crippen LogP contribution in [0.15, 0.2) is 47.8 Å². The summed E-state index contributed by atoms with van der Waals surface area (Å²) in [6.45, 7) is 0. The molecule has 0 fully saturated rings. The minimum Gasteiger partial charge on any atom is -0.497 e. The second-order valence-electron chi connectivity index (χ2n) is 5.73. The quantitative estimate of drug-likeness (QED) is 0.482. The lowest BCUT2D eigenvalue weighted by Crippen LogP contribution is -2.14. The highest BCUT2D eigenvalue weighted by molar-refractivity contribution is 7.22. The number of carbonyl (C=O) groups excluding carboxylic acids is 1. The molecule has 0 atom stereocenters. The van der Waals surface area contributed by atoms with Crippen molar-refractivity contribution in [2.45, 2.75) is 6.42 Å². The molecule has 0 aliphatic heterocycles. The predicted molar refractivity (Wildman–Crippen MR) is 111 cm³/mol. The summed E-state index contributed by atoms with van der Waals surface area (Å²) in [6, 6.07) is 13.1. The second-order valence-corrected chi connectivity index (χ2v) is 8.05. The molecule has 5 nitrogen and oxygen atoms in total. The van der Waals surface area contributed by atoms with E-state index in [0.717, 1.165) is 32.2 Å². The molecule has 4 rings (SSSR count). The molecule has 0 saturated carbocycles. The maximum Gasteiger partial charge on any atom is 0.232 e. The smallest absolute Gasteiger partial charge is 0.232 e. The summed E-state index contributed by atoms with van der Waals surface area (Å²) >= 11 is 8.90. The first kappa shape index (κ1) is 17.9. The Labute approximate surface area is 168 Å². The van der Waals surface area contributed by atoms with Crippen LogP contribution >= 0.6 is 34.3 Å². The van der Waals surface area contributed by atoms with E-state index in [2.05, 4.69) is 15.3 Å². The summed E-state index contributed by atoms with van der Waals surface area (Å²) in [5.41, 5.74) is 2.54. The van der Waals surface area contributed by atoms with E-state index in [9.17, 15) is 4.79 Å². The normalized spacial score (nSPS) is 10.9. The van der Waals surface area contributed by atoms with E-state index in [4.69, 9.17) is 16.3 Å². The first-order chi connectivity index (χ1) is 13.1. The van der Waals surface area contributed by atoms with Crippen LogP contribution in [0.1, 0.15) is 5.69 Å². The zero-order valence-corrected chi connectivity index (χ0v) is 16.6. The standard InChI is InChI=1S/C19H14ClN3O2S2/c1-25-14-5-2-11(3-6-14)18-21-13(10-26-18)9-17(24)23-19-22-15-7-4-12(20)8-16(15)27-19/h2-8,10H,9H2,1H3,(H,22,23,24). The Bertz CT molecular complexity index is 1110. The van der Waals surface area contributed by atoms with Crippen LogP contribution in [-0.4, -0.2) is 23.0 Å². The molecule has 0 bridgehead atoms. The van der Waals surface area contributed by atoms with Crippen molar-refractivity contribution < 1.29 is 9.53 Å². The number of hydrogen-bond acceptors (Lipinski definition) is 6. The van der Waals surface area contributed by atoms with Gasteiger partial charge in [0, 0.05) is 16.0 Å². The SMILES string of the molecule is COc1ccc(-c2nc(CC(=O)Nc3nc4ccc(Cl)cc4s3)cs2)cc1. The van der Waals surface area contributed by atoms with Crippen molar-refractivity contribution in [1.82, 2.24) is 9.97 Å². The number of hydrogen-bond donors (Lipinski definition) is 1. The van der Waals surface area contributed by atoms with E-state index in [1.54, 1.807) is 13.2 Å². The summed E-state index contributed by atoms with van der Waals surface area (Å²) in [4.78, 5) is 21.3. The molecule has 0 saturated heterocycles. The lowest BCUT2D eigenvalue weighted by atomic mass is 10.2. The zero-order valence-electron chi connectivity index (χ0n) is 14.2. The van der Waals surface area contributed by atoms with E-state index in [-0.39, 0.29) is 12.3 Å². The molecule has 0 aliphatic carbocycles. The van der Waals surface area contributed by atoms with Crippen LogP contribution in [0, 0.1) is 0 Å². The van der Waals surface area contributed by atoms with Crippen LogP contribution < -0.4 is 10.1 Å². The number of amides is 1. The molecule has 1 amide bonds. The molecule has 1 N–H and O–H groups in total. The van der Waals surface area contributed by atoms with Gasteiger partial charge in [0.25, 0.3) is 0 Å². The Morgan fingerprint density at radius 1 is 1.19 bits per heavy atom. The fourth-order valence-corrected chi connectivity index (χ4v) is 4.52. The van der Waals surface area contributed by atoms with Gasteiger partial charge in [-0.15, -0.1) is 11.3 Å². The molecule has 0 radical (unpaired) electrons. The molecule has 4 aromatic rings. The molecular formula is C19H14ClN3O2S2. The topological polar surface area (TPSA) is 64.1 Å². The van der Waals surface area contributed by atoms with Gasteiger partial charge >= 0.3 is 0 Å². The summed E-state index contributed by atoms with van der Waals surface area (Å²) in [6.07, 6.45) is 0.198. The molecule has 0 unspecified atom stereocenters. The van der Waals surface area contributed by atoms with E-state index in [0.29, 0.717) is 10.2 Å². The minimum atomic E-state index is -0.147. The van der Waals surface area contributed by atoms with Gasteiger partial charge in [-0.3, -0.25) is 4.79 Å². The van der Waals surface area contributed by atoms with E-state index in [1.807, 2.05) is 41.8 Å². The number of methoxy groups -OCH3 is 1. The van der Waals surface area contributed by atoms with Crippen molar-refractivity contribution in [3.63, 3.8) is 0 Å². The maximum atomic E-state index is 12.3. The van der Waals surface area contributed by atoms with Crippen LogP contribution in [-0.2, 0) is 11.2 Å². The van der Waals surface area contributed by atoms with Crippen LogP contribution in [0.25, 0.3) is 20.8 Å². The molecular weight excluding hydrogens is 402 g/mol. The average molecular weight is 416 g/mol. The van der Waals surface area contributed by atoms with Crippen LogP contribution in [0.5, 0.6) is 5.75 Å². The number of rotatable bonds is 5. The largest absolute Gasteiger partial charge is 0.497 e. The van der Waals surface area contributed by atoms with Crippen molar-refractivity contribution >= 4 is 55.5 Å². The third-order valence-corrected chi connectivity index (χ3v) is 5.94. The zero-order chi connectivity index (χ0) is 18.8. The Balaban J connectivity index is 1.43. The van der Waals surface area contributed by atoms with Gasteiger partial charge in [-0.1, -0.05) is 22.9 Å². The van der Waals surface area contributed by atoms with Crippen molar-refractivity contribution in [1.29, 1.82) is 0 Å². The Morgan fingerprint density at radius 2 is 2.00 bits per heavy atom. The number of anilines is 1. The fourth-order valence-electron chi connectivity index (χ4n) is 2.53. The van der Waals surface area contributed by atoms with E-state index >= 15 is 0 Å². The van der Waals surface area contributed by atoms with Crippen molar-refractivity contribution in [2.75, 3.05) is 12.4 Å². The number of halogens is 1. The number of nitrogens with zero attached hydrogens (tertiary/aromatic N) is 2. The Kier molecular flexibility index (Phi) is 5.07. The van der Waals surface area contributed by atoms with Crippen molar-refractivity contribution in [3.8, 4) is 16.3 Å². The summed E-state index contributed by atoms with van der Waals surface area (Å²) < 4.78 is 6.10. The fraction of sp³-hybridized carbons (Fsp3) is 0.105. The second kappa shape index (κ2) is 7.64. The van der Waals surface area contributed by atoms with Gasteiger partial charge in [0.1, 0.15) is 10.8 Å². The van der Waals surface area contributed by atoms with Gasteiger partial charge in [-0.2, -0.15) is 0 Å². The van der Waals surface area contributed by atoms with Gasteiger partial charge < -0.3 is 10.1 Å². The summed E-state index contributed by atoms with van der Waals surface area (Å²) in [7, 11) is 1.63. The number of ether oxygens (including phenoxy) is 1. The van der Waals surface area contributed by atoms with Crippen LogP contribution in [0.3, 0.4) is 0 Å². The van der Waals surface area contributed by atoms with Gasteiger partial charge in [-0.25, -0.2) is 9.97 Å². The number of aromatic nitrogens is 2. The molecule has 0 aliphatic rings. The lowest BCUT2D eigenvalue weighted by Gasteiger charge is -2.00. The average Bonchev–Trinajstić information content (AvgIpc) is 3.27. The number of fused-ring (bicyclic) bond motifs is 1. The monoisotopic (exact) mass is 415 g/mol. The minimum absolute atomic E-state index is 0.147. The number of thiazole rings is 2.